The van der Waals surface area contributed by atoms with E-state index in [1.54, 1.807) is 12.3 Å². The van der Waals surface area contributed by atoms with Crippen LogP contribution in [0.15, 0.2) is 36.0 Å². The van der Waals surface area contributed by atoms with Crippen LogP contribution in [0, 0.1) is 0 Å². The van der Waals surface area contributed by atoms with Gasteiger partial charge in [0.25, 0.3) is 0 Å². The Morgan fingerprint density at radius 2 is 2.28 bits per heavy atom. The lowest BCUT2D eigenvalue weighted by Crippen LogP contribution is -2.24. The van der Waals surface area contributed by atoms with Gasteiger partial charge in [0.05, 0.1) is 6.20 Å². The number of halogens is 1. The first-order valence-corrected chi connectivity index (χ1v) is 6.24. The molecule has 0 fully saturated rings. The minimum Gasteiger partial charge on any atom is -0.453 e. The van der Waals surface area contributed by atoms with E-state index in [9.17, 15) is 4.39 Å². The fraction of sp³-hybridized carbons (Fsp3) is 0.357. The molecule has 1 aliphatic carbocycles. The third-order valence-corrected chi connectivity index (χ3v) is 3.18. The van der Waals surface area contributed by atoms with Crippen molar-refractivity contribution in [3.63, 3.8) is 0 Å². The summed E-state index contributed by atoms with van der Waals surface area (Å²) in [6, 6.07) is 1.94. The number of ether oxygens (including phenoxy) is 1. The smallest absolute Gasteiger partial charge is 0.158 e. The molecule has 1 aromatic rings. The zero-order valence-corrected chi connectivity index (χ0v) is 10.1. The van der Waals surface area contributed by atoms with Crippen LogP contribution in [0.1, 0.15) is 24.1 Å². The summed E-state index contributed by atoms with van der Waals surface area (Å²) in [6.45, 7) is 1.76. The molecule has 0 atom stereocenters. The van der Waals surface area contributed by atoms with Gasteiger partial charge in [0, 0.05) is 31.6 Å². The summed E-state index contributed by atoms with van der Waals surface area (Å²) in [5.74, 6) is 0.731. The van der Waals surface area contributed by atoms with Crippen molar-refractivity contribution in [3.8, 4) is 5.75 Å². The second kappa shape index (κ2) is 4.90. The molecule has 1 N–H and O–H groups in total. The Morgan fingerprint density at radius 3 is 3.17 bits per heavy atom. The zero-order chi connectivity index (χ0) is 12.4. The molecule has 18 heavy (non-hydrogen) atoms. The first kappa shape index (κ1) is 11.4. The Morgan fingerprint density at radius 1 is 1.33 bits per heavy atom. The van der Waals surface area contributed by atoms with Crippen LogP contribution in [0.5, 0.6) is 5.75 Å². The molecular weight excluding hydrogens is 231 g/mol. The van der Waals surface area contributed by atoms with Gasteiger partial charge >= 0.3 is 0 Å². The first-order chi connectivity index (χ1) is 8.83. The maximum absolute atomic E-state index is 13.5. The van der Waals surface area contributed by atoms with Gasteiger partial charge in [-0.3, -0.25) is 4.98 Å². The summed E-state index contributed by atoms with van der Waals surface area (Å²) in [6.07, 6.45) is 7.39. The van der Waals surface area contributed by atoms with Crippen molar-refractivity contribution in [2.75, 3.05) is 6.54 Å². The molecule has 3 rings (SSSR count). The predicted molar refractivity (Wildman–Crippen MR) is 66.8 cm³/mol. The molecule has 0 unspecified atom stereocenters. The van der Waals surface area contributed by atoms with Gasteiger partial charge in [0.1, 0.15) is 11.6 Å². The normalized spacial score (nSPS) is 18.7. The van der Waals surface area contributed by atoms with Gasteiger partial charge < -0.3 is 10.1 Å². The highest BCUT2D eigenvalue weighted by molar-refractivity contribution is 5.34. The lowest BCUT2D eigenvalue weighted by molar-refractivity contribution is 0.398. The topological polar surface area (TPSA) is 34.1 Å². The molecule has 0 saturated carbocycles. The fourth-order valence-electron chi connectivity index (χ4n) is 2.21. The van der Waals surface area contributed by atoms with Crippen molar-refractivity contribution in [3.05, 3.63) is 47.3 Å². The SMILES string of the molecule is FC1=C(Oc2cnc3c(c2)CNCC3)C=CCC1. The summed E-state index contributed by atoms with van der Waals surface area (Å²) in [7, 11) is 0. The molecule has 2 heterocycles. The maximum Gasteiger partial charge on any atom is 0.158 e. The van der Waals surface area contributed by atoms with E-state index in [0.29, 0.717) is 17.9 Å². The average Bonchev–Trinajstić information content (AvgIpc) is 2.41. The van der Waals surface area contributed by atoms with E-state index in [1.807, 2.05) is 12.1 Å². The van der Waals surface area contributed by atoms with Gasteiger partial charge in [-0.2, -0.15) is 0 Å². The van der Waals surface area contributed by atoms with Gasteiger partial charge in [0.2, 0.25) is 0 Å². The molecule has 2 aliphatic rings. The van der Waals surface area contributed by atoms with Crippen LogP contribution in [0.25, 0.3) is 0 Å². The van der Waals surface area contributed by atoms with Crippen molar-refractivity contribution >= 4 is 0 Å². The first-order valence-electron chi connectivity index (χ1n) is 6.24. The quantitative estimate of drug-likeness (QED) is 0.871. The summed E-state index contributed by atoms with van der Waals surface area (Å²) in [4.78, 5) is 4.38. The largest absolute Gasteiger partial charge is 0.453 e. The van der Waals surface area contributed by atoms with E-state index >= 15 is 0 Å². The number of nitrogens with zero attached hydrogens (tertiary/aromatic N) is 1. The van der Waals surface area contributed by atoms with Crippen molar-refractivity contribution < 1.29 is 9.13 Å². The van der Waals surface area contributed by atoms with Gasteiger partial charge in [-0.15, -0.1) is 0 Å². The highest BCUT2D eigenvalue weighted by Gasteiger charge is 2.13. The molecule has 1 aliphatic heterocycles. The van der Waals surface area contributed by atoms with Crippen molar-refractivity contribution in [1.29, 1.82) is 0 Å². The van der Waals surface area contributed by atoms with Crippen LogP contribution in [-0.2, 0) is 13.0 Å². The molecule has 0 radical (unpaired) electrons. The van der Waals surface area contributed by atoms with Gasteiger partial charge in [-0.1, -0.05) is 6.08 Å². The Balaban J connectivity index is 1.83. The molecule has 4 heteroatoms. The van der Waals surface area contributed by atoms with E-state index in [1.165, 1.54) is 0 Å². The molecule has 0 saturated heterocycles. The number of hydrogen-bond donors (Lipinski definition) is 1. The van der Waals surface area contributed by atoms with Crippen molar-refractivity contribution in [2.24, 2.45) is 0 Å². The molecule has 0 bridgehead atoms. The third-order valence-electron chi connectivity index (χ3n) is 3.18. The van der Waals surface area contributed by atoms with Crippen LogP contribution < -0.4 is 10.1 Å². The second-order valence-corrected chi connectivity index (χ2v) is 4.52. The number of pyridine rings is 1. The summed E-state index contributed by atoms with van der Waals surface area (Å²) in [5, 5.41) is 3.28. The van der Waals surface area contributed by atoms with E-state index in [4.69, 9.17) is 4.74 Å². The van der Waals surface area contributed by atoms with E-state index in [0.717, 1.165) is 37.2 Å². The fourth-order valence-corrected chi connectivity index (χ4v) is 2.21. The Labute approximate surface area is 105 Å². The summed E-state index contributed by atoms with van der Waals surface area (Å²) in [5.41, 5.74) is 2.24. The van der Waals surface area contributed by atoms with E-state index < -0.39 is 0 Å². The Kier molecular flexibility index (Phi) is 3.11. The van der Waals surface area contributed by atoms with Gasteiger partial charge in [-0.05, 0) is 24.1 Å². The maximum atomic E-state index is 13.5. The highest BCUT2D eigenvalue weighted by Crippen LogP contribution is 2.25. The monoisotopic (exact) mass is 246 g/mol. The van der Waals surface area contributed by atoms with Crippen LogP contribution in [0.4, 0.5) is 4.39 Å². The zero-order valence-electron chi connectivity index (χ0n) is 10.1. The van der Waals surface area contributed by atoms with Crippen LogP contribution >= 0.6 is 0 Å². The molecule has 1 aromatic heterocycles. The van der Waals surface area contributed by atoms with E-state index in [-0.39, 0.29) is 5.83 Å². The number of fused-ring (bicyclic) bond motifs is 1. The Hall–Kier alpha value is -1.68. The minimum absolute atomic E-state index is 0.187. The lowest BCUT2D eigenvalue weighted by Gasteiger charge is -2.17. The molecule has 94 valence electrons. The molecule has 0 amide bonds. The molecular formula is C14H15FN2O. The number of aromatic nitrogens is 1. The minimum atomic E-state index is -0.187. The highest BCUT2D eigenvalue weighted by atomic mass is 19.1. The third kappa shape index (κ3) is 2.29. The molecule has 0 spiro atoms. The van der Waals surface area contributed by atoms with Crippen molar-refractivity contribution in [1.82, 2.24) is 10.3 Å². The van der Waals surface area contributed by atoms with Crippen LogP contribution in [-0.4, -0.2) is 11.5 Å². The van der Waals surface area contributed by atoms with Gasteiger partial charge in [0.15, 0.2) is 5.76 Å². The standard InChI is InChI=1S/C14H15FN2O/c15-12-3-1-2-4-14(12)18-11-7-10-8-16-6-5-13(10)17-9-11/h2,4,7,9,16H,1,3,5-6,8H2. The molecule has 0 aromatic carbocycles. The van der Waals surface area contributed by atoms with E-state index in [2.05, 4.69) is 10.3 Å². The number of rotatable bonds is 2. The van der Waals surface area contributed by atoms with Gasteiger partial charge in [-0.25, -0.2) is 4.39 Å². The van der Waals surface area contributed by atoms with Crippen LogP contribution in [0.3, 0.4) is 0 Å². The molecule has 3 nitrogen and oxygen atoms in total. The van der Waals surface area contributed by atoms with Crippen LogP contribution in [0.2, 0.25) is 0 Å². The number of allylic oxidation sites excluding steroid dienone is 3. The second-order valence-electron chi connectivity index (χ2n) is 4.52. The predicted octanol–water partition coefficient (Wildman–Crippen LogP) is 2.64. The number of nitrogens with one attached hydrogen (secondary N) is 1. The summed E-state index contributed by atoms with van der Waals surface area (Å²) < 4.78 is 19.1. The summed E-state index contributed by atoms with van der Waals surface area (Å²) >= 11 is 0. The van der Waals surface area contributed by atoms with Crippen molar-refractivity contribution in [2.45, 2.75) is 25.8 Å². The number of hydrogen-bond acceptors (Lipinski definition) is 3. The average molecular weight is 246 g/mol. The Bertz CT molecular complexity index is 523. The lowest BCUT2D eigenvalue weighted by atomic mass is 10.1.